The minimum absolute atomic E-state index is 0.697. The van der Waals surface area contributed by atoms with Crippen LogP contribution < -0.4 is 5.32 Å². The Labute approximate surface area is 88.7 Å². The first-order valence-corrected chi connectivity index (χ1v) is 6.49. The lowest BCUT2D eigenvalue weighted by atomic mass is 9.67. The van der Waals surface area contributed by atoms with E-state index in [9.17, 15) is 0 Å². The van der Waals surface area contributed by atoms with Gasteiger partial charge in [0.1, 0.15) is 0 Å². The molecule has 82 valence electrons. The van der Waals surface area contributed by atoms with Gasteiger partial charge in [0.2, 0.25) is 0 Å². The molecule has 0 spiro atoms. The molecule has 1 heteroatoms. The Kier molecular flexibility index (Phi) is 3.16. The van der Waals surface area contributed by atoms with Gasteiger partial charge in [-0.3, -0.25) is 0 Å². The maximum Gasteiger partial charge on any atom is 0.00929 e. The molecule has 0 saturated heterocycles. The molecule has 2 aliphatic rings. The fraction of sp³-hybridized carbons (Fsp3) is 1.00. The highest BCUT2D eigenvalue weighted by Gasteiger charge is 2.36. The van der Waals surface area contributed by atoms with E-state index < -0.39 is 0 Å². The fourth-order valence-electron chi connectivity index (χ4n) is 3.13. The van der Waals surface area contributed by atoms with Crippen LogP contribution in [-0.4, -0.2) is 12.6 Å². The number of hydrogen-bond acceptors (Lipinski definition) is 1. The summed E-state index contributed by atoms with van der Waals surface area (Å²) < 4.78 is 0. The Morgan fingerprint density at radius 2 is 2.00 bits per heavy atom. The molecule has 0 bridgehead atoms. The van der Waals surface area contributed by atoms with Crippen molar-refractivity contribution in [3.63, 3.8) is 0 Å². The molecule has 1 N–H and O–H groups in total. The van der Waals surface area contributed by atoms with Crippen LogP contribution in [0.3, 0.4) is 0 Å². The van der Waals surface area contributed by atoms with Gasteiger partial charge in [0.25, 0.3) is 0 Å². The lowest BCUT2D eigenvalue weighted by Crippen LogP contribution is -2.44. The summed E-state index contributed by atoms with van der Waals surface area (Å²) >= 11 is 0. The molecule has 2 rings (SSSR count). The molecule has 0 aliphatic heterocycles. The van der Waals surface area contributed by atoms with Gasteiger partial charge in [0.05, 0.1) is 0 Å². The van der Waals surface area contributed by atoms with Crippen LogP contribution in [0.5, 0.6) is 0 Å². The summed E-state index contributed by atoms with van der Waals surface area (Å²) in [5, 5.41) is 3.83. The van der Waals surface area contributed by atoms with Crippen molar-refractivity contribution >= 4 is 0 Å². The average Bonchev–Trinajstić information content (AvgIpc) is 2.51. The molecule has 14 heavy (non-hydrogen) atoms. The summed E-state index contributed by atoms with van der Waals surface area (Å²) in [4.78, 5) is 0. The first-order valence-electron chi connectivity index (χ1n) is 6.49. The molecular formula is C13H25N. The van der Waals surface area contributed by atoms with Crippen LogP contribution in [0.4, 0.5) is 0 Å². The summed E-state index contributed by atoms with van der Waals surface area (Å²) in [7, 11) is 0. The van der Waals surface area contributed by atoms with E-state index in [1.807, 2.05) is 0 Å². The molecule has 0 aromatic heterocycles. The molecule has 2 fully saturated rings. The van der Waals surface area contributed by atoms with Crippen molar-refractivity contribution in [1.29, 1.82) is 0 Å². The summed E-state index contributed by atoms with van der Waals surface area (Å²) in [5.41, 5.74) is 0.697. The zero-order chi connectivity index (χ0) is 10.0. The monoisotopic (exact) mass is 195 g/mol. The van der Waals surface area contributed by atoms with Gasteiger partial charge >= 0.3 is 0 Å². The smallest absolute Gasteiger partial charge is 0.00929 e. The lowest BCUT2D eigenvalue weighted by molar-refractivity contribution is 0.116. The summed E-state index contributed by atoms with van der Waals surface area (Å²) in [6, 6.07) is 0.832. The van der Waals surface area contributed by atoms with Crippen LogP contribution in [0.25, 0.3) is 0 Å². The van der Waals surface area contributed by atoms with Gasteiger partial charge in [0.15, 0.2) is 0 Å². The van der Waals surface area contributed by atoms with Gasteiger partial charge in [-0.1, -0.05) is 26.7 Å². The van der Waals surface area contributed by atoms with Crippen LogP contribution in [0.15, 0.2) is 0 Å². The van der Waals surface area contributed by atoms with Gasteiger partial charge < -0.3 is 5.32 Å². The molecule has 2 saturated carbocycles. The van der Waals surface area contributed by atoms with Gasteiger partial charge in [-0.05, 0) is 43.4 Å². The van der Waals surface area contributed by atoms with Crippen LogP contribution in [0.2, 0.25) is 0 Å². The van der Waals surface area contributed by atoms with E-state index in [1.165, 1.54) is 51.5 Å². The molecular weight excluding hydrogens is 170 g/mol. The highest BCUT2D eigenvalue weighted by Crippen LogP contribution is 2.43. The van der Waals surface area contributed by atoms with Gasteiger partial charge in [0, 0.05) is 12.6 Å². The number of rotatable bonds is 4. The Balaban J connectivity index is 1.75. The second kappa shape index (κ2) is 4.22. The summed E-state index contributed by atoms with van der Waals surface area (Å²) in [6.45, 7) is 6.06. The van der Waals surface area contributed by atoms with Crippen molar-refractivity contribution in [1.82, 2.24) is 5.32 Å². The van der Waals surface area contributed by atoms with E-state index in [-0.39, 0.29) is 0 Å². The molecule has 2 atom stereocenters. The molecule has 0 heterocycles. The van der Waals surface area contributed by atoms with E-state index in [0.717, 1.165) is 12.0 Å². The minimum atomic E-state index is 0.697. The second-order valence-electron chi connectivity index (χ2n) is 5.60. The standard InChI is InChI=1S/C13H25N/c1-3-13(8-5-9-13)10-14-12-7-4-6-11(12)2/h11-12,14H,3-10H2,1-2H3. The Morgan fingerprint density at radius 3 is 2.43 bits per heavy atom. The third kappa shape index (κ3) is 1.98. The largest absolute Gasteiger partial charge is 0.313 e. The normalized spacial score (nSPS) is 35.6. The summed E-state index contributed by atoms with van der Waals surface area (Å²) in [6.07, 6.45) is 10.1. The van der Waals surface area contributed by atoms with Crippen molar-refractivity contribution in [3.8, 4) is 0 Å². The van der Waals surface area contributed by atoms with Crippen molar-refractivity contribution in [3.05, 3.63) is 0 Å². The van der Waals surface area contributed by atoms with E-state index >= 15 is 0 Å². The lowest BCUT2D eigenvalue weighted by Gasteiger charge is -2.42. The van der Waals surface area contributed by atoms with E-state index in [4.69, 9.17) is 0 Å². The van der Waals surface area contributed by atoms with Gasteiger partial charge in [-0.15, -0.1) is 0 Å². The molecule has 1 nitrogen and oxygen atoms in total. The minimum Gasteiger partial charge on any atom is -0.313 e. The SMILES string of the molecule is CCC1(CNC2CCCC2C)CCC1. The predicted octanol–water partition coefficient (Wildman–Crippen LogP) is 3.34. The van der Waals surface area contributed by atoms with E-state index in [2.05, 4.69) is 19.2 Å². The maximum atomic E-state index is 3.83. The van der Waals surface area contributed by atoms with Crippen LogP contribution in [0.1, 0.15) is 58.8 Å². The molecule has 0 amide bonds. The first kappa shape index (κ1) is 10.5. The predicted molar refractivity (Wildman–Crippen MR) is 61.4 cm³/mol. The van der Waals surface area contributed by atoms with Crippen molar-refractivity contribution < 1.29 is 0 Å². The maximum absolute atomic E-state index is 3.83. The molecule has 0 aromatic carbocycles. The Morgan fingerprint density at radius 1 is 1.21 bits per heavy atom. The zero-order valence-electron chi connectivity index (χ0n) is 9.81. The summed E-state index contributed by atoms with van der Waals surface area (Å²) in [5.74, 6) is 0.920. The van der Waals surface area contributed by atoms with Crippen LogP contribution in [0, 0.1) is 11.3 Å². The Bertz CT molecular complexity index is 178. The van der Waals surface area contributed by atoms with Crippen LogP contribution >= 0.6 is 0 Å². The quantitative estimate of drug-likeness (QED) is 0.725. The van der Waals surface area contributed by atoms with Crippen LogP contribution in [-0.2, 0) is 0 Å². The fourth-order valence-corrected chi connectivity index (χ4v) is 3.13. The van der Waals surface area contributed by atoms with Crippen molar-refractivity contribution in [2.75, 3.05) is 6.54 Å². The number of hydrogen-bond donors (Lipinski definition) is 1. The molecule has 2 aliphatic carbocycles. The third-order valence-electron chi connectivity index (χ3n) is 4.76. The molecule has 0 aromatic rings. The third-order valence-corrected chi connectivity index (χ3v) is 4.76. The average molecular weight is 195 g/mol. The molecule has 0 radical (unpaired) electrons. The first-order chi connectivity index (χ1) is 6.76. The number of nitrogens with one attached hydrogen (secondary N) is 1. The van der Waals surface area contributed by atoms with Crippen molar-refractivity contribution in [2.45, 2.75) is 64.8 Å². The second-order valence-corrected chi connectivity index (χ2v) is 5.60. The zero-order valence-corrected chi connectivity index (χ0v) is 9.81. The Hall–Kier alpha value is -0.0400. The van der Waals surface area contributed by atoms with Crippen molar-refractivity contribution in [2.24, 2.45) is 11.3 Å². The van der Waals surface area contributed by atoms with E-state index in [1.54, 1.807) is 0 Å². The van der Waals surface area contributed by atoms with Gasteiger partial charge in [-0.25, -0.2) is 0 Å². The van der Waals surface area contributed by atoms with Gasteiger partial charge in [-0.2, -0.15) is 0 Å². The molecule has 2 unspecified atom stereocenters. The van der Waals surface area contributed by atoms with E-state index in [0.29, 0.717) is 5.41 Å². The topological polar surface area (TPSA) is 12.0 Å². The highest BCUT2D eigenvalue weighted by atomic mass is 14.9. The highest BCUT2D eigenvalue weighted by molar-refractivity contribution is 4.91.